The predicted octanol–water partition coefficient (Wildman–Crippen LogP) is 1.87. The van der Waals surface area contributed by atoms with Gasteiger partial charge in [0, 0.05) is 25.2 Å². The molecule has 0 unspecified atom stereocenters. The summed E-state index contributed by atoms with van der Waals surface area (Å²) in [4.78, 5) is 14.6. The maximum Gasteiger partial charge on any atom is 0.265 e. The zero-order valence-corrected chi connectivity index (χ0v) is 11.1. The van der Waals surface area contributed by atoms with Crippen molar-refractivity contribution in [2.75, 3.05) is 18.1 Å². The maximum atomic E-state index is 12.7. The van der Waals surface area contributed by atoms with Gasteiger partial charge in [0.15, 0.2) is 0 Å². The van der Waals surface area contributed by atoms with Gasteiger partial charge in [-0.15, -0.1) is 0 Å². The molecule has 2 aliphatic heterocycles. The molecular formula is C15H15N3O2. The molecule has 20 heavy (non-hydrogen) atoms. The van der Waals surface area contributed by atoms with Gasteiger partial charge in [-0.3, -0.25) is 4.79 Å². The highest BCUT2D eigenvalue weighted by molar-refractivity contribution is 6.08. The number of rotatable bonds is 1. The molecular weight excluding hydrogens is 254 g/mol. The second kappa shape index (κ2) is 4.37. The largest absolute Gasteiger partial charge is 0.477 e. The van der Waals surface area contributed by atoms with Crippen LogP contribution in [0.2, 0.25) is 0 Å². The number of benzene rings is 1. The average Bonchev–Trinajstić information content (AvgIpc) is 3.11. The first kappa shape index (κ1) is 11.5. The number of carbonyl (C=O) groups is 1. The van der Waals surface area contributed by atoms with E-state index in [-0.39, 0.29) is 5.91 Å². The van der Waals surface area contributed by atoms with Gasteiger partial charge < -0.3 is 9.64 Å². The summed E-state index contributed by atoms with van der Waals surface area (Å²) in [7, 11) is 0. The molecule has 2 aromatic rings. The number of aromatic nitrogens is 2. The molecule has 2 aliphatic rings. The van der Waals surface area contributed by atoms with Crippen LogP contribution in [0.25, 0.3) is 0 Å². The zero-order chi connectivity index (χ0) is 13.5. The van der Waals surface area contributed by atoms with Crippen LogP contribution in [0.15, 0.2) is 30.5 Å². The van der Waals surface area contributed by atoms with Crippen LogP contribution < -0.4 is 9.64 Å². The van der Waals surface area contributed by atoms with Crippen molar-refractivity contribution in [1.82, 2.24) is 9.78 Å². The van der Waals surface area contributed by atoms with Crippen LogP contribution in [0.3, 0.4) is 0 Å². The van der Waals surface area contributed by atoms with E-state index in [1.165, 1.54) is 5.56 Å². The summed E-state index contributed by atoms with van der Waals surface area (Å²) in [5.74, 6) is 0.601. The van der Waals surface area contributed by atoms with Gasteiger partial charge in [0.05, 0.1) is 12.8 Å². The van der Waals surface area contributed by atoms with Crippen molar-refractivity contribution >= 4 is 11.6 Å². The van der Waals surface area contributed by atoms with Crippen LogP contribution in [0, 0.1) is 0 Å². The lowest BCUT2D eigenvalue weighted by Crippen LogP contribution is -2.29. The number of aryl methyl sites for hydroxylation is 1. The molecule has 3 heterocycles. The highest BCUT2D eigenvalue weighted by atomic mass is 16.5. The van der Waals surface area contributed by atoms with E-state index < -0.39 is 0 Å². The van der Waals surface area contributed by atoms with E-state index >= 15 is 0 Å². The van der Waals surface area contributed by atoms with Gasteiger partial charge in [-0.1, -0.05) is 18.2 Å². The van der Waals surface area contributed by atoms with Crippen LogP contribution in [0.4, 0.5) is 5.69 Å². The number of carbonyl (C=O) groups excluding carboxylic acids is 1. The summed E-state index contributed by atoms with van der Waals surface area (Å²) in [6.07, 6.45) is 3.48. The van der Waals surface area contributed by atoms with Gasteiger partial charge in [-0.25, -0.2) is 4.68 Å². The Balaban J connectivity index is 1.70. The fraction of sp³-hybridized carbons (Fsp3) is 0.333. The number of hydrogen-bond donors (Lipinski definition) is 0. The van der Waals surface area contributed by atoms with Crippen LogP contribution in [0.1, 0.15) is 22.3 Å². The summed E-state index contributed by atoms with van der Waals surface area (Å²) in [6, 6.07) is 8.05. The van der Waals surface area contributed by atoms with E-state index in [0.717, 1.165) is 31.6 Å². The number of fused-ring (bicyclic) bond motifs is 2. The third kappa shape index (κ3) is 1.62. The molecule has 0 aliphatic carbocycles. The Morgan fingerprint density at radius 2 is 2.15 bits per heavy atom. The molecule has 4 rings (SSSR count). The Morgan fingerprint density at radius 1 is 1.25 bits per heavy atom. The summed E-state index contributed by atoms with van der Waals surface area (Å²) < 4.78 is 7.39. The van der Waals surface area contributed by atoms with Crippen LogP contribution in [-0.4, -0.2) is 28.8 Å². The molecule has 0 atom stereocenters. The zero-order valence-electron chi connectivity index (χ0n) is 11.1. The van der Waals surface area contributed by atoms with Gasteiger partial charge in [-0.2, -0.15) is 5.10 Å². The summed E-state index contributed by atoms with van der Waals surface area (Å²) >= 11 is 0. The van der Waals surface area contributed by atoms with E-state index in [4.69, 9.17) is 4.74 Å². The first-order valence-corrected chi connectivity index (χ1v) is 6.93. The van der Waals surface area contributed by atoms with Gasteiger partial charge in [-0.05, 0) is 18.1 Å². The molecule has 0 fully saturated rings. The normalized spacial score (nSPS) is 16.5. The molecule has 1 aromatic carbocycles. The second-order valence-corrected chi connectivity index (χ2v) is 5.12. The number of ether oxygens (including phenoxy) is 1. The maximum absolute atomic E-state index is 12.7. The van der Waals surface area contributed by atoms with Gasteiger partial charge in [0.25, 0.3) is 5.91 Å². The first-order chi connectivity index (χ1) is 9.84. The van der Waals surface area contributed by atoms with E-state index in [1.54, 1.807) is 10.9 Å². The molecule has 1 amide bonds. The molecule has 0 radical (unpaired) electrons. The molecule has 1 aromatic heterocycles. The quantitative estimate of drug-likeness (QED) is 0.794. The van der Waals surface area contributed by atoms with Crippen molar-refractivity contribution < 1.29 is 9.53 Å². The first-order valence-electron chi connectivity index (χ1n) is 6.93. The van der Waals surface area contributed by atoms with Crippen molar-refractivity contribution in [3.63, 3.8) is 0 Å². The molecule has 0 saturated heterocycles. The second-order valence-electron chi connectivity index (χ2n) is 5.12. The Morgan fingerprint density at radius 3 is 3.10 bits per heavy atom. The van der Waals surface area contributed by atoms with Crippen molar-refractivity contribution in [2.24, 2.45) is 0 Å². The highest BCUT2D eigenvalue weighted by Crippen LogP contribution is 2.31. The van der Waals surface area contributed by atoms with Crippen molar-refractivity contribution in [2.45, 2.75) is 19.4 Å². The number of amides is 1. The smallest absolute Gasteiger partial charge is 0.265 e. The fourth-order valence-corrected chi connectivity index (χ4v) is 2.91. The van der Waals surface area contributed by atoms with Crippen molar-refractivity contribution in [1.29, 1.82) is 0 Å². The lowest BCUT2D eigenvalue weighted by atomic mass is 10.2. The van der Waals surface area contributed by atoms with Crippen LogP contribution in [0.5, 0.6) is 5.88 Å². The standard InChI is InChI=1S/C15H15N3O2/c19-14(12-10-16-18-7-3-9-20-15(12)18)17-8-6-11-4-1-2-5-13(11)17/h1-2,4-5,10H,3,6-9H2. The van der Waals surface area contributed by atoms with Gasteiger partial charge in [0.1, 0.15) is 5.56 Å². The fourth-order valence-electron chi connectivity index (χ4n) is 2.91. The molecule has 0 bridgehead atoms. The van der Waals surface area contributed by atoms with Crippen molar-refractivity contribution in [3.05, 3.63) is 41.6 Å². The number of para-hydroxylation sites is 1. The topological polar surface area (TPSA) is 47.4 Å². The molecule has 0 saturated carbocycles. The van der Waals surface area contributed by atoms with Crippen LogP contribution >= 0.6 is 0 Å². The number of anilines is 1. The van der Waals surface area contributed by atoms with E-state index in [0.29, 0.717) is 18.1 Å². The monoisotopic (exact) mass is 269 g/mol. The lowest BCUT2D eigenvalue weighted by molar-refractivity contribution is 0.0983. The van der Waals surface area contributed by atoms with E-state index in [1.807, 2.05) is 23.1 Å². The average molecular weight is 269 g/mol. The highest BCUT2D eigenvalue weighted by Gasteiger charge is 2.30. The Bertz CT molecular complexity index is 678. The van der Waals surface area contributed by atoms with E-state index in [2.05, 4.69) is 11.2 Å². The summed E-state index contributed by atoms with van der Waals surface area (Å²) in [6.45, 7) is 2.20. The third-order valence-electron chi connectivity index (χ3n) is 3.91. The van der Waals surface area contributed by atoms with Crippen LogP contribution in [-0.2, 0) is 13.0 Å². The minimum atomic E-state index is -0.0156. The Hall–Kier alpha value is -2.30. The minimum Gasteiger partial charge on any atom is -0.477 e. The predicted molar refractivity (Wildman–Crippen MR) is 74.2 cm³/mol. The van der Waals surface area contributed by atoms with Crippen molar-refractivity contribution in [3.8, 4) is 5.88 Å². The lowest BCUT2D eigenvalue weighted by Gasteiger charge is -2.19. The van der Waals surface area contributed by atoms with E-state index in [9.17, 15) is 4.79 Å². The molecule has 0 N–H and O–H groups in total. The Labute approximate surface area is 116 Å². The molecule has 5 nitrogen and oxygen atoms in total. The minimum absolute atomic E-state index is 0.0156. The number of nitrogens with zero attached hydrogens (tertiary/aromatic N) is 3. The summed E-state index contributed by atoms with van der Waals surface area (Å²) in [5, 5.41) is 4.25. The molecule has 102 valence electrons. The number of hydrogen-bond acceptors (Lipinski definition) is 3. The van der Waals surface area contributed by atoms with Gasteiger partial charge >= 0.3 is 0 Å². The molecule has 0 spiro atoms. The SMILES string of the molecule is O=C(c1cnn2c1OCCC2)N1CCc2ccccc21. The summed E-state index contributed by atoms with van der Waals surface area (Å²) in [5.41, 5.74) is 2.80. The molecule has 5 heteroatoms. The Kier molecular flexibility index (Phi) is 2.52. The third-order valence-corrected chi connectivity index (χ3v) is 3.91. The van der Waals surface area contributed by atoms with Gasteiger partial charge in [0.2, 0.25) is 5.88 Å².